The largest absolute Gasteiger partial charge is 0.462 e. The molecule has 6 nitrogen and oxygen atoms in total. The number of aliphatic imine (C=N–C) groups is 1. The van der Waals surface area contributed by atoms with Crippen LogP contribution in [0.25, 0.3) is 0 Å². The number of halogens is 4. The molecule has 2 aromatic rings. The lowest BCUT2D eigenvalue weighted by molar-refractivity contribution is -0.138. The number of allylic oxidation sites excluding steroid dienone is 1. The van der Waals surface area contributed by atoms with E-state index in [1.165, 1.54) is 25.3 Å². The number of esters is 1. The van der Waals surface area contributed by atoms with Gasteiger partial charge >= 0.3 is 12.1 Å². The van der Waals surface area contributed by atoms with Crippen LogP contribution in [0.2, 0.25) is 0 Å². The molecule has 1 heterocycles. The van der Waals surface area contributed by atoms with Crippen LogP contribution < -0.4 is 5.73 Å². The maximum atomic E-state index is 13.6. The minimum atomic E-state index is -4.68. The molecule has 0 aliphatic heterocycles. The average Bonchev–Trinajstić information content (AvgIpc) is 2.66. The highest BCUT2D eigenvalue weighted by molar-refractivity contribution is 6.21. The summed E-state index contributed by atoms with van der Waals surface area (Å²) < 4.78 is 57.3. The first-order valence-electron chi connectivity index (χ1n) is 9.19. The topological polar surface area (TPSA) is 97.8 Å². The standard InChI is InChI=1S/C21H21F4N3O3/c1-3-31-20(30)19(12(2)26)18(11-29)28-16-4-5-27-17(10-16)8-13-6-14(21(23,24)25)9-15(22)7-13/h4-7,9-10,29H,3,8,11,26H2,1-2H3. The van der Waals surface area contributed by atoms with Gasteiger partial charge in [-0.2, -0.15) is 13.2 Å². The number of carbonyl (C=O) groups excluding carboxylic acids is 1. The van der Waals surface area contributed by atoms with Crippen molar-refractivity contribution in [1.82, 2.24) is 4.98 Å². The fourth-order valence-electron chi connectivity index (χ4n) is 2.79. The minimum absolute atomic E-state index is 0.0410. The van der Waals surface area contributed by atoms with Crippen LogP contribution in [0.1, 0.15) is 30.7 Å². The molecule has 0 fully saturated rings. The maximum absolute atomic E-state index is 13.6. The lowest BCUT2D eigenvalue weighted by Crippen LogP contribution is -2.22. The molecule has 0 bridgehead atoms. The van der Waals surface area contributed by atoms with E-state index in [-0.39, 0.29) is 41.3 Å². The van der Waals surface area contributed by atoms with Gasteiger partial charge in [0, 0.05) is 24.0 Å². The number of benzene rings is 1. The van der Waals surface area contributed by atoms with Gasteiger partial charge in [0.2, 0.25) is 0 Å². The summed E-state index contributed by atoms with van der Waals surface area (Å²) >= 11 is 0. The Morgan fingerprint density at radius 2 is 1.97 bits per heavy atom. The van der Waals surface area contributed by atoms with Gasteiger partial charge in [0.1, 0.15) is 11.4 Å². The number of hydrogen-bond donors (Lipinski definition) is 2. The van der Waals surface area contributed by atoms with Gasteiger partial charge in [-0.05, 0) is 49.7 Å². The third kappa shape index (κ3) is 6.61. The first-order valence-corrected chi connectivity index (χ1v) is 9.19. The number of aromatic nitrogens is 1. The van der Waals surface area contributed by atoms with E-state index in [0.29, 0.717) is 11.8 Å². The monoisotopic (exact) mass is 439 g/mol. The highest BCUT2D eigenvalue weighted by Crippen LogP contribution is 2.31. The second-order valence-corrected chi connectivity index (χ2v) is 6.52. The summed E-state index contributed by atoms with van der Waals surface area (Å²) in [6, 6.07) is 5.18. The summed E-state index contributed by atoms with van der Waals surface area (Å²) in [6.07, 6.45) is -3.41. The molecule has 0 atom stereocenters. The van der Waals surface area contributed by atoms with E-state index in [9.17, 15) is 27.5 Å². The lowest BCUT2D eigenvalue weighted by Gasteiger charge is -2.11. The van der Waals surface area contributed by atoms with Crippen LogP contribution in [0.5, 0.6) is 0 Å². The Morgan fingerprint density at radius 1 is 1.26 bits per heavy atom. The molecule has 0 unspecified atom stereocenters. The molecule has 166 valence electrons. The molecule has 1 aromatic heterocycles. The molecule has 0 saturated heterocycles. The predicted molar refractivity (Wildman–Crippen MR) is 106 cm³/mol. The molecule has 0 spiro atoms. The number of hydrogen-bond acceptors (Lipinski definition) is 6. The van der Waals surface area contributed by atoms with Crippen LogP contribution in [0.15, 0.2) is 52.8 Å². The van der Waals surface area contributed by atoms with Gasteiger partial charge < -0.3 is 15.6 Å². The molecule has 0 radical (unpaired) electrons. The Hall–Kier alpha value is -3.27. The van der Waals surface area contributed by atoms with E-state index in [1.54, 1.807) is 6.92 Å². The second-order valence-electron chi connectivity index (χ2n) is 6.52. The zero-order chi connectivity index (χ0) is 23.2. The van der Waals surface area contributed by atoms with Gasteiger partial charge in [-0.15, -0.1) is 0 Å². The fourth-order valence-corrected chi connectivity index (χ4v) is 2.79. The molecule has 0 aliphatic rings. The molecular weight excluding hydrogens is 418 g/mol. The van der Waals surface area contributed by atoms with Crippen LogP contribution >= 0.6 is 0 Å². The van der Waals surface area contributed by atoms with Gasteiger partial charge in [-0.25, -0.2) is 14.2 Å². The highest BCUT2D eigenvalue weighted by Gasteiger charge is 2.31. The Labute approximate surface area is 176 Å². The molecule has 3 N–H and O–H groups in total. The zero-order valence-corrected chi connectivity index (χ0v) is 16.8. The van der Waals surface area contributed by atoms with Gasteiger partial charge in [0.15, 0.2) is 0 Å². The molecule has 2 rings (SSSR count). The first-order chi connectivity index (χ1) is 14.5. The SMILES string of the molecule is CCOC(=O)C(C(CO)=Nc1ccnc(Cc2cc(F)cc(C(F)(F)F)c2)c1)=C(C)N. The van der Waals surface area contributed by atoms with E-state index in [0.717, 1.165) is 12.1 Å². The van der Waals surface area contributed by atoms with Crippen molar-refractivity contribution in [3.05, 3.63) is 70.4 Å². The summed E-state index contributed by atoms with van der Waals surface area (Å²) in [7, 11) is 0. The van der Waals surface area contributed by atoms with Crippen LogP contribution in [0, 0.1) is 5.82 Å². The van der Waals surface area contributed by atoms with Crippen molar-refractivity contribution in [3.8, 4) is 0 Å². The highest BCUT2D eigenvalue weighted by atomic mass is 19.4. The number of pyridine rings is 1. The first kappa shape index (κ1) is 24.0. The molecule has 1 aromatic carbocycles. The van der Waals surface area contributed by atoms with E-state index in [4.69, 9.17) is 10.5 Å². The van der Waals surface area contributed by atoms with E-state index >= 15 is 0 Å². The smallest absolute Gasteiger partial charge is 0.416 e. The molecular formula is C21H21F4N3O3. The molecule has 0 aliphatic carbocycles. The maximum Gasteiger partial charge on any atom is 0.416 e. The number of nitrogens with two attached hydrogens (primary N) is 1. The number of ether oxygens (including phenoxy) is 1. The van der Waals surface area contributed by atoms with E-state index < -0.39 is 30.1 Å². The number of aliphatic hydroxyl groups excluding tert-OH is 1. The van der Waals surface area contributed by atoms with Gasteiger partial charge in [-0.1, -0.05) is 0 Å². The van der Waals surface area contributed by atoms with Crippen molar-refractivity contribution < 1.29 is 32.2 Å². The van der Waals surface area contributed by atoms with Crippen molar-refractivity contribution in [2.45, 2.75) is 26.4 Å². The Morgan fingerprint density at radius 3 is 2.55 bits per heavy atom. The van der Waals surface area contributed by atoms with Gasteiger partial charge in [0.25, 0.3) is 0 Å². The van der Waals surface area contributed by atoms with Crippen LogP contribution in [0.3, 0.4) is 0 Å². The van der Waals surface area contributed by atoms with Crippen LogP contribution in [0.4, 0.5) is 23.2 Å². The second kappa shape index (κ2) is 10.2. The summed E-state index contributed by atoms with van der Waals surface area (Å²) in [5.41, 5.74) is 5.27. The molecule has 0 amide bonds. The van der Waals surface area contributed by atoms with Gasteiger partial charge in [0.05, 0.1) is 30.2 Å². The minimum Gasteiger partial charge on any atom is -0.462 e. The Bertz CT molecular complexity index is 1010. The van der Waals surface area contributed by atoms with Crippen LogP contribution in [-0.4, -0.2) is 35.0 Å². The van der Waals surface area contributed by atoms with E-state index in [2.05, 4.69) is 9.98 Å². The fraction of sp³-hybridized carbons (Fsp3) is 0.286. The number of alkyl halides is 3. The van der Waals surface area contributed by atoms with Crippen molar-refractivity contribution in [1.29, 1.82) is 0 Å². The third-order valence-corrected chi connectivity index (χ3v) is 4.05. The molecule has 10 heteroatoms. The number of aliphatic hydroxyl groups is 1. The zero-order valence-electron chi connectivity index (χ0n) is 16.8. The number of nitrogens with zero attached hydrogens (tertiary/aromatic N) is 2. The van der Waals surface area contributed by atoms with Crippen molar-refractivity contribution in [2.75, 3.05) is 13.2 Å². The normalized spacial score (nSPS) is 13.1. The van der Waals surface area contributed by atoms with Crippen molar-refractivity contribution >= 4 is 17.4 Å². The molecule has 31 heavy (non-hydrogen) atoms. The molecule has 0 saturated carbocycles. The summed E-state index contributed by atoms with van der Waals surface area (Å²) in [6.45, 7) is 2.56. The van der Waals surface area contributed by atoms with E-state index in [1.807, 2.05) is 0 Å². The predicted octanol–water partition coefficient (Wildman–Crippen LogP) is 3.69. The Kier molecular flexibility index (Phi) is 7.87. The summed E-state index contributed by atoms with van der Waals surface area (Å²) in [5.74, 6) is -1.76. The average molecular weight is 439 g/mol. The number of rotatable bonds is 7. The van der Waals surface area contributed by atoms with Crippen molar-refractivity contribution in [3.63, 3.8) is 0 Å². The Balaban J connectivity index is 2.38. The quantitative estimate of drug-likeness (QED) is 0.297. The number of carbonyl (C=O) groups is 1. The van der Waals surface area contributed by atoms with Crippen molar-refractivity contribution in [2.24, 2.45) is 10.7 Å². The van der Waals surface area contributed by atoms with Crippen LogP contribution in [-0.2, 0) is 22.1 Å². The van der Waals surface area contributed by atoms with Gasteiger partial charge in [-0.3, -0.25) is 4.98 Å². The lowest BCUT2D eigenvalue weighted by atomic mass is 10.0. The summed E-state index contributed by atoms with van der Waals surface area (Å²) in [4.78, 5) is 20.4. The summed E-state index contributed by atoms with van der Waals surface area (Å²) in [5, 5.41) is 9.67. The third-order valence-electron chi connectivity index (χ3n) is 4.05.